The van der Waals surface area contributed by atoms with Gasteiger partial charge < -0.3 is 10.6 Å². The standard InChI is InChI=1S/C15H18BrN3/c1-11(2)19(15-7-8-18-9-13(15)16)10-12-5-3-4-6-14(12)17/h3-9,11H,10,17H2,1-2H3. The van der Waals surface area contributed by atoms with E-state index in [2.05, 4.69) is 45.7 Å². The highest BCUT2D eigenvalue weighted by Gasteiger charge is 2.15. The highest BCUT2D eigenvalue weighted by atomic mass is 79.9. The summed E-state index contributed by atoms with van der Waals surface area (Å²) in [6.07, 6.45) is 3.63. The number of benzene rings is 1. The third-order valence-corrected chi connectivity index (χ3v) is 3.69. The minimum atomic E-state index is 0.373. The predicted molar refractivity (Wildman–Crippen MR) is 84.1 cm³/mol. The molecule has 2 aromatic rings. The van der Waals surface area contributed by atoms with E-state index < -0.39 is 0 Å². The maximum absolute atomic E-state index is 6.03. The molecular formula is C15H18BrN3. The summed E-state index contributed by atoms with van der Waals surface area (Å²) in [5, 5.41) is 0. The zero-order valence-electron chi connectivity index (χ0n) is 11.2. The molecule has 100 valence electrons. The van der Waals surface area contributed by atoms with Gasteiger partial charge in [0.1, 0.15) is 0 Å². The summed E-state index contributed by atoms with van der Waals surface area (Å²) in [4.78, 5) is 6.42. The van der Waals surface area contributed by atoms with E-state index >= 15 is 0 Å². The molecule has 0 aliphatic heterocycles. The van der Waals surface area contributed by atoms with E-state index in [0.29, 0.717) is 6.04 Å². The largest absolute Gasteiger partial charge is 0.398 e. The number of hydrogen-bond donors (Lipinski definition) is 1. The van der Waals surface area contributed by atoms with Crippen molar-refractivity contribution in [2.45, 2.75) is 26.4 Å². The van der Waals surface area contributed by atoms with E-state index in [1.165, 1.54) is 0 Å². The first kappa shape index (κ1) is 13.9. The fraction of sp³-hybridized carbons (Fsp3) is 0.267. The summed E-state index contributed by atoms with van der Waals surface area (Å²) in [6, 6.07) is 10.4. The molecule has 0 atom stereocenters. The van der Waals surface area contributed by atoms with E-state index in [1.54, 1.807) is 0 Å². The third-order valence-electron chi connectivity index (χ3n) is 3.08. The Morgan fingerprint density at radius 2 is 2.00 bits per heavy atom. The fourth-order valence-electron chi connectivity index (χ4n) is 2.01. The van der Waals surface area contributed by atoms with Gasteiger partial charge in [-0.15, -0.1) is 0 Å². The molecule has 0 aliphatic rings. The second-order valence-corrected chi connectivity index (χ2v) is 5.60. The van der Waals surface area contributed by atoms with Crippen LogP contribution in [0.25, 0.3) is 0 Å². The van der Waals surface area contributed by atoms with Gasteiger partial charge >= 0.3 is 0 Å². The Labute approximate surface area is 122 Å². The number of para-hydroxylation sites is 1. The van der Waals surface area contributed by atoms with Crippen LogP contribution in [0, 0.1) is 0 Å². The van der Waals surface area contributed by atoms with Gasteiger partial charge in [-0.05, 0) is 47.5 Å². The number of nitrogens with two attached hydrogens (primary N) is 1. The minimum absolute atomic E-state index is 0.373. The van der Waals surface area contributed by atoms with Gasteiger partial charge in [-0.3, -0.25) is 4.98 Å². The van der Waals surface area contributed by atoms with E-state index in [-0.39, 0.29) is 0 Å². The minimum Gasteiger partial charge on any atom is -0.398 e. The van der Waals surface area contributed by atoms with Gasteiger partial charge in [0.2, 0.25) is 0 Å². The van der Waals surface area contributed by atoms with Crippen molar-refractivity contribution < 1.29 is 0 Å². The molecule has 0 saturated carbocycles. The molecule has 0 radical (unpaired) electrons. The average molecular weight is 320 g/mol. The molecule has 0 bridgehead atoms. The van der Waals surface area contributed by atoms with E-state index in [1.807, 2.05) is 36.7 Å². The molecule has 0 fully saturated rings. The predicted octanol–water partition coefficient (Wildman–Crippen LogP) is 3.84. The molecule has 4 heteroatoms. The lowest BCUT2D eigenvalue weighted by molar-refractivity contribution is 0.681. The van der Waals surface area contributed by atoms with Crippen LogP contribution in [0.15, 0.2) is 47.2 Å². The van der Waals surface area contributed by atoms with E-state index in [9.17, 15) is 0 Å². The molecule has 0 saturated heterocycles. The molecular weight excluding hydrogens is 302 g/mol. The smallest absolute Gasteiger partial charge is 0.0592 e. The van der Waals surface area contributed by atoms with Crippen LogP contribution in [0.1, 0.15) is 19.4 Å². The van der Waals surface area contributed by atoms with Gasteiger partial charge in [0.05, 0.1) is 10.2 Å². The zero-order valence-corrected chi connectivity index (χ0v) is 12.8. The van der Waals surface area contributed by atoms with Crippen molar-refractivity contribution in [3.8, 4) is 0 Å². The fourth-order valence-corrected chi connectivity index (χ4v) is 2.49. The van der Waals surface area contributed by atoms with Crippen molar-refractivity contribution in [2.75, 3.05) is 10.6 Å². The number of aromatic nitrogens is 1. The van der Waals surface area contributed by atoms with Crippen LogP contribution in [-0.2, 0) is 6.54 Å². The molecule has 1 aromatic carbocycles. The number of nitrogen functional groups attached to an aromatic ring is 1. The van der Waals surface area contributed by atoms with Gasteiger partial charge in [0.15, 0.2) is 0 Å². The molecule has 1 heterocycles. The van der Waals surface area contributed by atoms with Gasteiger partial charge in [0, 0.05) is 30.7 Å². The van der Waals surface area contributed by atoms with Crippen molar-refractivity contribution in [3.05, 3.63) is 52.8 Å². The summed E-state index contributed by atoms with van der Waals surface area (Å²) < 4.78 is 0.998. The Kier molecular flexibility index (Phi) is 4.43. The lowest BCUT2D eigenvalue weighted by atomic mass is 10.1. The van der Waals surface area contributed by atoms with Crippen LogP contribution in [0.3, 0.4) is 0 Å². The van der Waals surface area contributed by atoms with Crippen molar-refractivity contribution in [2.24, 2.45) is 0 Å². The highest BCUT2D eigenvalue weighted by molar-refractivity contribution is 9.10. The Balaban J connectivity index is 2.33. The Hall–Kier alpha value is -1.55. The van der Waals surface area contributed by atoms with Gasteiger partial charge in [-0.2, -0.15) is 0 Å². The SMILES string of the molecule is CC(C)N(Cc1ccccc1N)c1ccncc1Br. The number of nitrogens with zero attached hydrogens (tertiary/aromatic N) is 2. The highest BCUT2D eigenvalue weighted by Crippen LogP contribution is 2.28. The van der Waals surface area contributed by atoms with Crippen molar-refractivity contribution in [3.63, 3.8) is 0 Å². The Bertz CT molecular complexity index is 555. The molecule has 3 nitrogen and oxygen atoms in total. The summed E-state index contributed by atoms with van der Waals surface area (Å²) in [7, 11) is 0. The maximum Gasteiger partial charge on any atom is 0.0592 e. The number of halogens is 1. The Morgan fingerprint density at radius 1 is 1.26 bits per heavy atom. The average Bonchev–Trinajstić information content (AvgIpc) is 2.38. The molecule has 19 heavy (non-hydrogen) atoms. The zero-order chi connectivity index (χ0) is 13.8. The summed E-state index contributed by atoms with van der Waals surface area (Å²) in [5.41, 5.74) is 9.14. The van der Waals surface area contributed by atoms with Crippen molar-refractivity contribution >= 4 is 27.3 Å². The number of rotatable bonds is 4. The summed E-state index contributed by atoms with van der Waals surface area (Å²) in [6.45, 7) is 5.13. The molecule has 0 spiro atoms. The number of anilines is 2. The van der Waals surface area contributed by atoms with E-state index in [4.69, 9.17) is 5.73 Å². The summed E-state index contributed by atoms with van der Waals surface area (Å²) in [5.74, 6) is 0. The van der Waals surface area contributed by atoms with Crippen LogP contribution >= 0.6 is 15.9 Å². The normalized spacial score (nSPS) is 10.7. The molecule has 0 amide bonds. The molecule has 2 rings (SSSR count). The van der Waals surface area contributed by atoms with Gasteiger partial charge in [-0.25, -0.2) is 0 Å². The van der Waals surface area contributed by atoms with Gasteiger partial charge in [-0.1, -0.05) is 18.2 Å². The first-order valence-corrected chi connectivity index (χ1v) is 7.08. The van der Waals surface area contributed by atoms with Crippen LogP contribution in [0.2, 0.25) is 0 Å². The van der Waals surface area contributed by atoms with E-state index in [0.717, 1.165) is 28.0 Å². The first-order valence-electron chi connectivity index (χ1n) is 6.29. The monoisotopic (exact) mass is 319 g/mol. The number of hydrogen-bond acceptors (Lipinski definition) is 3. The Morgan fingerprint density at radius 3 is 2.63 bits per heavy atom. The quantitative estimate of drug-likeness (QED) is 0.870. The lowest BCUT2D eigenvalue weighted by Gasteiger charge is -2.30. The lowest BCUT2D eigenvalue weighted by Crippen LogP contribution is -2.30. The second-order valence-electron chi connectivity index (χ2n) is 4.75. The third kappa shape index (κ3) is 3.26. The van der Waals surface area contributed by atoms with Crippen LogP contribution in [-0.4, -0.2) is 11.0 Å². The topological polar surface area (TPSA) is 42.1 Å². The second kappa shape index (κ2) is 6.06. The van der Waals surface area contributed by atoms with Crippen molar-refractivity contribution in [1.82, 2.24) is 4.98 Å². The summed E-state index contributed by atoms with van der Waals surface area (Å²) >= 11 is 3.56. The van der Waals surface area contributed by atoms with Crippen LogP contribution in [0.4, 0.5) is 11.4 Å². The molecule has 1 aromatic heterocycles. The van der Waals surface area contributed by atoms with Gasteiger partial charge in [0.25, 0.3) is 0 Å². The maximum atomic E-state index is 6.03. The molecule has 0 aliphatic carbocycles. The molecule has 0 unspecified atom stereocenters. The van der Waals surface area contributed by atoms with Crippen LogP contribution in [0.5, 0.6) is 0 Å². The first-order chi connectivity index (χ1) is 9.09. The van der Waals surface area contributed by atoms with Crippen LogP contribution < -0.4 is 10.6 Å². The number of pyridine rings is 1. The molecule has 2 N–H and O–H groups in total. The van der Waals surface area contributed by atoms with Crippen molar-refractivity contribution in [1.29, 1.82) is 0 Å².